The maximum Gasteiger partial charge on any atom is 0.227 e. The van der Waals surface area contributed by atoms with E-state index in [4.69, 9.17) is 16.2 Å². The average Bonchev–Trinajstić information content (AvgIpc) is 2.55. The van der Waals surface area contributed by atoms with Crippen LogP contribution in [0.3, 0.4) is 0 Å². The molecule has 1 heterocycles. The van der Waals surface area contributed by atoms with Gasteiger partial charge in [-0.2, -0.15) is 0 Å². The number of nitrogens with one attached hydrogen (secondary N) is 1. The van der Waals surface area contributed by atoms with Crippen molar-refractivity contribution in [3.8, 4) is 17.0 Å². The Morgan fingerprint density at radius 1 is 1.04 bits per heavy atom. The summed E-state index contributed by atoms with van der Waals surface area (Å²) in [5.41, 5.74) is 15.4. The zero-order valence-corrected chi connectivity index (χ0v) is 12.7. The molecule has 6 nitrogen and oxygen atoms in total. The highest BCUT2D eigenvalue weighted by molar-refractivity contribution is 5.69. The van der Waals surface area contributed by atoms with Gasteiger partial charge in [0.2, 0.25) is 5.95 Å². The first-order valence-electron chi connectivity index (χ1n) is 7.05. The van der Waals surface area contributed by atoms with E-state index in [0.29, 0.717) is 23.1 Å². The zero-order chi connectivity index (χ0) is 16.2. The van der Waals surface area contributed by atoms with Gasteiger partial charge in [-0.1, -0.05) is 6.07 Å². The second-order valence-electron chi connectivity index (χ2n) is 4.97. The van der Waals surface area contributed by atoms with Crippen LogP contribution in [0.1, 0.15) is 0 Å². The van der Waals surface area contributed by atoms with Crippen LogP contribution in [0.25, 0.3) is 11.3 Å². The number of hydrogen-bond donors (Lipinski definition) is 3. The van der Waals surface area contributed by atoms with Crippen molar-refractivity contribution in [2.75, 3.05) is 23.9 Å². The van der Waals surface area contributed by atoms with Crippen LogP contribution in [0, 0.1) is 0 Å². The van der Waals surface area contributed by atoms with Crippen LogP contribution in [0.4, 0.5) is 23.0 Å². The third-order valence-corrected chi connectivity index (χ3v) is 3.32. The number of benzene rings is 2. The number of nitrogens with two attached hydrogens (primary N) is 2. The molecule has 5 N–H and O–H groups in total. The molecule has 0 spiro atoms. The molecule has 0 saturated carbocycles. The Kier molecular flexibility index (Phi) is 3.97. The van der Waals surface area contributed by atoms with Crippen LogP contribution in [0.15, 0.2) is 54.7 Å². The van der Waals surface area contributed by atoms with Crippen LogP contribution in [-0.4, -0.2) is 17.1 Å². The molecule has 3 aromatic rings. The van der Waals surface area contributed by atoms with Gasteiger partial charge in [0.05, 0.1) is 18.5 Å². The van der Waals surface area contributed by atoms with Crippen molar-refractivity contribution in [2.24, 2.45) is 0 Å². The van der Waals surface area contributed by atoms with Gasteiger partial charge in [-0.25, -0.2) is 9.97 Å². The highest BCUT2D eigenvalue weighted by atomic mass is 16.5. The van der Waals surface area contributed by atoms with Gasteiger partial charge in [-0.15, -0.1) is 0 Å². The van der Waals surface area contributed by atoms with E-state index in [2.05, 4.69) is 15.3 Å². The van der Waals surface area contributed by atoms with Gasteiger partial charge in [0, 0.05) is 23.1 Å². The summed E-state index contributed by atoms with van der Waals surface area (Å²) in [6, 6.07) is 14.8. The summed E-state index contributed by atoms with van der Waals surface area (Å²) in [5.74, 6) is 1.13. The Hall–Kier alpha value is -3.28. The fraction of sp³-hybridized carbons (Fsp3) is 0.0588. The molecule has 0 aliphatic carbocycles. The van der Waals surface area contributed by atoms with Crippen molar-refractivity contribution in [2.45, 2.75) is 0 Å². The lowest BCUT2D eigenvalue weighted by atomic mass is 10.1. The molecule has 0 bridgehead atoms. The molecule has 3 rings (SSSR count). The van der Waals surface area contributed by atoms with Gasteiger partial charge in [0.1, 0.15) is 5.75 Å². The molecule has 0 amide bonds. The van der Waals surface area contributed by atoms with Crippen molar-refractivity contribution in [3.63, 3.8) is 0 Å². The summed E-state index contributed by atoms with van der Waals surface area (Å²) >= 11 is 0. The minimum Gasteiger partial charge on any atom is -0.495 e. The van der Waals surface area contributed by atoms with E-state index in [9.17, 15) is 0 Å². The van der Waals surface area contributed by atoms with Gasteiger partial charge in [0.25, 0.3) is 0 Å². The Morgan fingerprint density at radius 3 is 2.65 bits per heavy atom. The molecule has 0 radical (unpaired) electrons. The van der Waals surface area contributed by atoms with Crippen molar-refractivity contribution in [1.82, 2.24) is 9.97 Å². The zero-order valence-electron chi connectivity index (χ0n) is 12.7. The first-order valence-corrected chi connectivity index (χ1v) is 7.05. The molecular formula is C17H17N5O. The van der Waals surface area contributed by atoms with E-state index in [1.54, 1.807) is 13.3 Å². The normalized spacial score (nSPS) is 10.3. The van der Waals surface area contributed by atoms with Crippen molar-refractivity contribution in [3.05, 3.63) is 54.7 Å². The molecule has 116 valence electrons. The SMILES string of the molecule is COc1ccc(-c2ccnc(Nc3cccc(N)c3)n2)cc1N. The molecule has 0 aliphatic rings. The molecule has 1 aromatic heterocycles. The summed E-state index contributed by atoms with van der Waals surface area (Å²) < 4.78 is 5.17. The van der Waals surface area contributed by atoms with Gasteiger partial charge in [-0.05, 0) is 42.5 Å². The van der Waals surface area contributed by atoms with E-state index in [-0.39, 0.29) is 0 Å². The minimum absolute atomic E-state index is 0.488. The lowest BCUT2D eigenvalue weighted by molar-refractivity contribution is 0.417. The van der Waals surface area contributed by atoms with Crippen molar-refractivity contribution in [1.29, 1.82) is 0 Å². The van der Waals surface area contributed by atoms with Crippen LogP contribution in [0.2, 0.25) is 0 Å². The topological polar surface area (TPSA) is 99.1 Å². The summed E-state index contributed by atoms with van der Waals surface area (Å²) in [5, 5.41) is 3.13. The van der Waals surface area contributed by atoms with Crippen LogP contribution in [-0.2, 0) is 0 Å². The van der Waals surface area contributed by atoms with Crippen molar-refractivity contribution < 1.29 is 4.74 Å². The second-order valence-corrected chi connectivity index (χ2v) is 4.97. The number of nitrogen functional groups attached to an aromatic ring is 2. The van der Waals surface area contributed by atoms with Crippen molar-refractivity contribution >= 4 is 23.0 Å². The third kappa shape index (κ3) is 3.32. The Morgan fingerprint density at radius 2 is 1.91 bits per heavy atom. The monoisotopic (exact) mass is 307 g/mol. The number of ether oxygens (including phenoxy) is 1. The predicted molar refractivity (Wildman–Crippen MR) is 92.6 cm³/mol. The van der Waals surface area contributed by atoms with E-state index in [1.807, 2.05) is 48.5 Å². The summed E-state index contributed by atoms with van der Waals surface area (Å²) in [4.78, 5) is 8.73. The average molecular weight is 307 g/mol. The summed E-state index contributed by atoms with van der Waals surface area (Å²) in [6.45, 7) is 0. The predicted octanol–water partition coefficient (Wildman–Crippen LogP) is 3.06. The number of methoxy groups -OCH3 is 1. The van der Waals surface area contributed by atoms with E-state index in [0.717, 1.165) is 16.9 Å². The van der Waals surface area contributed by atoms with Gasteiger partial charge < -0.3 is 21.5 Å². The van der Waals surface area contributed by atoms with Crippen LogP contribution in [0.5, 0.6) is 5.75 Å². The van der Waals surface area contributed by atoms with Gasteiger partial charge >= 0.3 is 0 Å². The molecule has 0 aliphatic heterocycles. The standard InChI is InChI=1S/C17H17N5O/c1-23-16-6-5-11(9-14(16)19)15-7-8-20-17(22-15)21-13-4-2-3-12(18)10-13/h2-10H,18-19H2,1H3,(H,20,21,22). The molecular weight excluding hydrogens is 290 g/mol. The molecule has 0 unspecified atom stereocenters. The maximum absolute atomic E-state index is 5.95. The first kappa shape index (κ1) is 14.6. The molecule has 2 aromatic carbocycles. The Bertz CT molecular complexity index is 835. The summed E-state index contributed by atoms with van der Waals surface area (Å²) in [6.07, 6.45) is 1.69. The smallest absolute Gasteiger partial charge is 0.227 e. The number of anilines is 4. The molecule has 6 heteroatoms. The molecule has 23 heavy (non-hydrogen) atoms. The molecule has 0 saturated heterocycles. The quantitative estimate of drug-likeness (QED) is 0.641. The number of nitrogens with zero attached hydrogens (tertiary/aromatic N) is 2. The lowest BCUT2D eigenvalue weighted by Crippen LogP contribution is -1.99. The van der Waals surface area contributed by atoms with Crippen LogP contribution < -0.4 is 21.5 Å². The highest BCUT2D eigenvalue weighted by Crippen LogP contribution is 2.27. The van der Waals surface area contributed by atoms with Gasteiger partial charge in [0.15, 0.2) is 0 Å². The van der Waals surface area contributed by atoms with E-state index >= 15 is 0 Å². The van der Waals surface area contributed by atoms with Crippen LogP contribution >= 0.6 is 0 Å². The fourth-order valence-electron chi connectivity index (χ4n) is 2.22. The third-order valence-electron chi connectivity index (χ3n) is 3.32. The molecule has 0 fully saturated rings. The summed E-state index contributed by atoms with van der Waals surface area (Å²) in [7, 11) is 1.59. The highest BCUT2D eigenvalue weighted by Gasteiger charge is 2.06. The van der Waals surface area contributed by atoms with Gasteiger partial charge in [-0.3, -0.25) is 0 Å². The first-order chi connectivity index (χ1) is 11.2. The number of hydrogen-bond acceptors (Lipinski definition) is 6. The number of rotatable bonds is 4. The van der Waals surface area contributed by atoms with E-state index in [1.165, 1.54) is 0 Å². The largest absolute Gasteiger partial charge is 0.495 e. The van der Waals surface area contributed by atoms with E-state index < -0.39 is 0 Å². The fourth-order valence-corrected chi connectivity index (χ4v) is 2.22. The second kappa shape index (κ2) is 6.23. The Labute approximate surface area is 134 Å². The maximum atomic E-state index is 5.95. The Balaban J connectivity index is 1.89. The number of aromatic nitrogens is 2. The molecule has 0 atom stereocenters. The lowest BCUT2D eigenvalue weighted by Gasteiger charge is -2.09. The minimum atomic E-state index is 0.488.